The van der Waals surface area contributed by atoms with Crippen molar-refractivity contribution < 1.29 is 9.50 Å². The quantitative estimate of drug-likeness (QED) is 0.706. The summed E-state index contributed by atoms with van der Waals surface area (Å²) >= 11 is 0. The van der Waals surface area contributed by atoms with Crippen molar-refractivity contribution in [3.63, 3.8) is 0 Å². The molecule has 78 valence electrons. The molecular weight excluding hydrogens is 167 g/mol. The first-order valence-electron chi connectivity index (χ1n) is 5.28. The van der Waals surface area contributed by atoms with E-state index in [1.54, 1.807) is 6.92 Å². The van der Waals surface area contributed by atoms with Gasteiger partial charge >= 0.3 is 0 Å². The van der Waals surface area contributed by atoms with E-state index in [1.807, 2.05) is 0 Å². The first-order chi connectivity index (χ1) is 5.91. The third-order valence-corrected chi connectivity index (χ3v) is 2.97. The summed E-state index contributed by atoms with van der Waals surface area (Å²) in [6.07, 6.45) is 2.35. The smallest absolute Gasteiger partial charge is 0.108 e. The normalized spacial score (nSPS) is 41.1. The van der Waals surface area contributed by atoms with E-state index >= 15 is 0 Å². The van der Waals surface area contributed by atoms with E-state index in [1.165, 1.54) is 0 Å². The van der Waals surface area contributed by atoms with Crippen LogP contribution in [0, 0.1) is 11.8 Å². The number of hydrogen-bond donors (Lipinski definition) is 1. The van der Waals surface area contributed by atoms with Gasteiger partial charge in [0, 0.05) is 0 Å². The Kier molecular flexibility index (Phi) is 3.33. The molecule has 1 rings (SSSR count). The number of aliphatic hydroxyl groups is 1. The van der Waals surface area contributed by atoms with Crippen LogP contribution in [0.4, 0.5) is 4.39 Å². The maximum Gasteiger partial charge on any atom is 0.108 e. The SMILES string of the molecule is CC(C)C[C@H]1CC(C)(F)CC[C@@H]1O. The topological polar surface area (TPSA) is 20.2 Å². The van der Waals surface area contributed by atoms with Gasteiger partial charge in [-0.05, 0) is 44.4 Å². The first kappa shape index (κ1) is 11.0. The standard InChI is InChI=1S/C11H21FO/c1-8(2)6-9-7-11(3,12)5-4-10(9)13/h8-10,13H,4-7H2,1-3H3/t9-,10-,11?/m0/s1. The van der Waals surface area contributed by atoms with Gasteiger partial charge in [-0.25, -0.2) is 4.39 Å². The fourth-order valence-electron chi connectivity index (χ4n) is 2.32. The molecule has 0 aliphatic heterocycles. The Hall–Kier alpha value is -0.110. The third-order valence-electron chi connectivity index (χ3n) is 2.97. The maximum absolute atomic E-state index is 13.6. The third kappa shape index (κ3) is 3.26. The molecule has 1 fully saturated rings. The largest absolute Gasteiger partial charge is 0.393 e. The maximum atomic E-state index is 13.6. The molecule has 1 saturated carbocycles. The minimum Gasteiger partial charge on any atom is -0.393 e. The van der Waals surface area contributed by atoms with Crippen molar-refractivity contribution in [2.75, 3.05) is 0 Å². The Labute approximate surface area is 80.3 Å². The van der Waals surface area contributed by atoms with Gasteiger partial charge in [-0.3, -0.25) is 0 Å². The summed E-state index contributed by atoms with van der Waals surface area (Å²) in [5.74, 6) is 0.720. The number of alkyl halides is 1. The summed E-state index contributed by atoms with van der Waals surface area (Å²) in [6.45, 7) is 5.90. The molecule has 0 aromatic heterocycles. The van der Waals surface area contributed by atoms with E-state index < -0.39 is 5.67 Å². The van der Waals surface area contributed by atoms with Crippen LogP contribution >= 0.6 is 0 Å². The average Bonchev–Trinajstić information content (AvgIpc) is 1.95. The van der Waals surface area contributed by atoms with Gasteiger partial charge in [0.25, 0.3) is 0 Å². The van der Waals surface area contributed by atoms with Crippen molar-refractivity contribution >= 4 is 0 Å². The second-order valence-electron chi connectivity index (χ2n) is 5.11. The second-order valence-corrected chi connectivity index (χ2v) is 5.11. The summed E-state index contributed by atoms with van der Waals surface area (Å²) < 4.78 is 13.6. The van der Waals surface area contributed by atoms with Crippen LogP contribution in [0.5, 0.6) is 0 Å². The van der Waals surface area contributed by atoms with E-state index in [0.717, 1.165) is 6.42 Å². The molecule has 0 saturated heterocycles. The molecule has 0 heterocycles. The average molecular weight is 188 g/mol. The van der Waals surface area contributed by atoms with Crippen LogP contribution in [0.15, 0.2) is 0 Å². The van der Waals surface area contributed by atoms with Crippen molar-refractivity contribution in [2.24, 2.45) is 11.8 Å². The lowest BCUT2D eigenvalue weighted by Crippen LogP contribution is -2.37. The van der Waals surface area contributed by atoms with Gasteiger partial charge in [0.1, 0.15) is 5.67 Å². The van der Waals surface area contributed by atoms with Crippen LogP contribution in [0.2, 0.25) is 0 Å². The van der Waals surface area contributed by atoms with Gasteiger partial charge < -0.3 is 5.11 Å². The molecule has 0 aromatic carbocycles. The van der Waals surface area contributed by atoms with E-state index in [-0.39, 0.29) is 12.0 Å². The van der Waals surface area contributed by atoms with Crippen molar-refractivity contribution in [2.45, 2.75) is 58.2 Å². The molecule has 0 radical (unpaired) electrons. The second kappa shape index (κ2) is 3.95. The summed E-state index contributed by atoms with van der Waals surface area (Å²) in [6, 6.07) is 0. The zero-order chi connectivity index (χ0) is 10.1. The Morgan fingerprint density at radius 3 is 2.69 bits per heavy atom. The lowest BCUT2D eigenvalue weighted by atomic mass is 9.75. The predicted molar refractivity (Wildman–Crippen MR) is 52.3 cm³/mol. The van der Waals surface area contributed by atoms with Crippen LogP contribution < -0.4 is 0 Å². The Bertz CT molecular complexity index is 165. The zero-order valence-electron chi connectivity index (χ0n) is 8.89. The first-order valence-corrected chi connectivity index (χ1v) is 5.28. The van der Waals surface area contributed by atoms with E-state index in [4.69, 9.17) is 0 Å². The van der Waals surface area contributed by atoms with Crippen molar-refractivity contribution in [1.82, 2.24) is 0 Å². The Balaban J connectivity index is 2.50. The molecule has 0 aromatic rings. The van der Waals surface area contributed by atoms with E-state index in [2.05, 4.69) is 13.8 Å². The fraction of sp³-hybridized carbons (Fsp3) is 1.00. The van der Waals surface area contributed by atoms with Crippen LogP contribution in [-0.2, 0) is 0 Å². The minimum absolute atomic E-state index is 0.170. The highest BCUT2D eigenvalue weighted by Crippen LogP contribution is 2.38. The number of rotatable bonds is 2. The van der Waals surface area contributed by atoms with Gasteiger partial charge in [-0.15, -0.1) is 0 Å². The van der Waals surface area contributed by atoms with Gasteiger partial charge in [0.05, 0.1) is 6.10 Å². The number of aliphatic hydroxyl groups excluding tert-OH is 1. The van der Waals surface area contributed by atoms with Crippen molar-refractivity contribution in [1.29, 1.82) is 0 Å². The molecular formula is C11H21FO. The molecule has 0 spiro atoms. The molecule has 1 aliphatic carbocycles. The molecule has 0 bridgehead atoms. The van der Waals surface area contributed by atoms with Crippen LogP contribution in [0.3, 0.4) is 0 Å². The Morgan fingerprint density at radius 2 is 2.15 bits per heavy atom. The zero-order valence-corrected chi connectivity index (χ0v) is 8.89. The van der Waals surface area contributed by atoms with E-state index in [9.17, 15) is 9.50 Å². The lowest BCUT2D eigenvalue weighted by molar-refractivity contribution is -0.0113. The number of halogens is 1. The molecule has 1 N–H and O–H groups in total. The lowest BCUT2D eigenvalue weighted by Gasteiger charge is -2.36. The van der Waals surface area contributed by atoms with Gasteiger partial charge in [-0.1, -0.05) is 13.8 Å². The van der Waals surface area contributed by atoms with Gasteiger partial charge in [0.2, 0.25) is 0 Å². The molecule has 1 aliphatic rings. The highest BCUT2D eigenvalue weighted by molar-refractivity contribution is 4.87. The molecule has 2 heteroatoms. The van der Waals surface area contributed by atoms with Gasteiger partial charge in [-0.2, -0.15) is 0 Å². The predicted octanol–water partition coefficient (Wildman–Crippen LogP) is 2.92. The van der Waals surface area contributed by atoms with Crippen LogP contribution in [0.25, 0.3) is 0 Å². The Morgan fingerprint density at radius 1 is 1.54 bits per heavy atom. The monoisotopic (exact) mass is 188 g/mol. The van der Waals surface area contributed by atoms with Crippen molar-refractivity contribution in [3.05, 3.63) is 0 Å². The summed E-state index contributed by atoms with van der Waals surface area (Å²) in [5, 5.41) is 9.68. The molecule has 0 amide bonds. The molecule has 1 unspecified atom stereocenters. The van der Waals surface area contributed by atoms with Crippen LogP contribution in [0.1, 0.15) is 46.5 Å². The summed E-state index contributed by atoms with van der Waals surface area (Å²) in [4.78, 5) is 0. The fourth-order valence-corrected chi connectivity index (χ4v) is 2.32. The summed E-state index contributed by atoms with van der Waals surface area (Å²) in [5.41, 5.74) is -1.04. The highest BCUT2D eigenvalue weighted by Gasteiger charge is 2.36. The van der Waals surface area contributed by atoms with Crippen LogP contribution in [-0.4, -0.2) is 16.9 Å². The molecule has 3 atom stereocenters. The van der Waals surface area contributed by atoms with E-state index in [0.29, 0.717) is 25.2 Å². The minimum atomic E-state index is -1.04. The molecule has 1 nitrogen and oxygen atoms in total. The number of hydrogen-bond acceptors (Lipinski definition) is 1. The van der Waals surface area contributed by atoms with Crippen molar-refractivity contribution in [3.8, 4) is 0 Å². The molecule has 13 heavy (non-hydrogen) atoms. The highest BCUT2D eigenvalue weighted by atomic mass is 19.1. The summed E-state index contributed by atoms with van der Waals surface area (Å²) in [7, 11) is 0. The van der Waals surface area contributed by atoms with Gasteiger partial charge in [0.15, 0.2) is 0 Å².